The summed E-state index contributed by atoms with van der Waals surface area (Å²) in [4.78, 5) is 24.1. The highest BCUT2D eigenvalue weighted by Crippen LogP contribution is 2.38. The van der Waals surface area contributed by atoms with E-state index in [2.05, 4.69) is 13.2 Å². The lowest BCUT2D eigenvalue weighted by molar-refractivity contribution is -0.149. The van der Waals surface area contributed by atoms with Crippen molar-refractivity contribution < 1.29 is 29.3 Å². The molecular formula is C19H26O6. The van der Waals surface area contributed by atoms with Crippen molar-refractivity contribution in [1.82, 2.24) is 0 Å². The third kappa shape index (κ3) is 4.58. The maximum atomic E-state index is 12.1. The first-order valence-corrected chi connectivity index (χ1v) is 8.53. The van der Waals surface area contributed by atoms with Crippen LogP contribution in [0, 0.1) is 11.8 Å². The topological polar surface area (TPSA) is 93.1 Å². The Bertz CT molecular complexity index is 591. The van der Waals surface area contributed by atoms with Crippen molar-refractivity contribution in [2.24, 2.45) is 11.8 Å². The van der Waals surface area contributed by atoms with Crippen LogP contribution >= 0.6 is 0 Å². The average molecular weight is 350 g/mol. The summed E-state index contributed by atoms with van der Waals surface area (Å²) in [6.07, 6.45) is 2.91. The normalized spacial score (nSPS) is 32.2. The van der Waals surface area contributed by atoms with Crippen LogP contribution in [-0.2, 0) is 19.1 Å². The van der Waals surface area contributed by atoms with Crippen LogP contribution in [0.25, 0.3) is 0 Å². The Morgan fingerprint density at radius 2 is 2.16 bits per heavy atom. The lowest BCUT2D eigenvalue weighted by Gasteiger charge is -2.31. The molecule has 0 radical (unpaired) electrons. The van der Waals surface area contributed by atoms with E-state index < -0.39 is 30.1 Å². The molecule has 138 valence electrons. The highest BCUT2D eigenvalue weighted by molar-refractivity contribution is 5.91. The molecule has 0 bridgehead atoms. The molecule has 2 aliphatic rings. The molecule has 25 heavy (non-hydrogen) atoms. The zero-order valence-corrected chi connectivity index (χ0v) is 14.6. The van der Waals surface area contributed by atoms with Gasteiger partial charge in [-0.1, -0.05) is 19.2 Å². The monoisotopic (exact) mass is 350 g/mol. The molecule has 1 unspecified atom stereocenters. The summed E-state index contributed by atoms with van der Waals surface area (Å²) in [6, 6.07) is 0. The maximum absolute atomic E-state index is 12.1. The number of aliphatic hydroxyl groups excluding tert-OH is 2. The first-order chi connectivity index (χ1) is 11.9. The summed E-state index contributed by atoms with van der Waals surface area (Å²) in [5.41, 5.74) is 1.29. The molecule has 0 saturated carbocycles. The Labute approximate surface area is 147 Å². The Morgan fingerprint density at radius 3 is 2.76 bits per heavy atom. The van der Waals surface area contributed by atoms with Gasteiger partial charge in [0.15, 0.2) is 0 Å². The number of rotatable bonds is 4. The van der Waals surface area contributed by atoms with Crippen LogP contribution in [0.3, 0.4) is 0 Å². The van der Waals surface area contributed by atoms with Crippen molar-refractivity contribution in [3.63, 3.8) is 0 Å². The van der Waals surface area contributed by atoms with Crippen LogP contribution in [-0.4, -0.2) is 47.6 Å². The second-order valence-electron chi connectivity index (χ2n) is 6.81. The Hall–Kier alpha value is -1.92. The zero-order valence-electron chi connectivity index (χ0n) is 14.6. The van der Waals surface area contributed by atoms with Crippen LogP contribution in [0.2, 0.25) is 0 Å². The molecule has 0 spiro atoms. The average Bonchev–Trinajstić information content (AvgIpc) is 2.85. The summed E-state index contributed by atoms with van der Waals surface area (Å²) in [7, 11) is 0. The van der Waals surface area contributed by atoms with Gasteiger partial charge in [-0.15, -0.1) is 0 Å². The zero-order chi connectivity index (χ0) is 18.6. The molecule has 6 nitrogen and oxygen atoms in total. The SMILES string of the molecule is C=C(C)C(=O)OC1C[C@H](CO)CC/C=C(\CO)C[C@H]2OC(=O)C(=C)[C@H]12. The van der Waals surface area contributed by atoms with Gasteiger partial charge in [-0.3, -0.25) is 0 Å². The fourth-order valence-corrected chi connectivity index (χ4v) is 3.39. The minimum atomic E-state index is -0.636. The number of hydrogen-bond acceptors (Lipinski definition) is 6. The lowest BCUT2D eigenvalue weighted by atomic mass is 9.81. The van der Waals surface area contributed by atoms with Crippen LogP contribution < -0.4 is 0 Å². The molecule has 1 fully saturated rings. The van der Waals surface area contributed by atoms with Crippen molar-refractivity contribution in [1.29, 1.82) is 0 Å². The van der Waals surface area contributed by atoms with Gasteiger partial charge in [0.25, 0.3) is 0 Å². The molecule has 1 aliphatic carbocycles. The van der Waals surface area contributed by atoms with Gasteiger partial charge >= 0.3 is 11.9 Å². The predicted molar refractivity (Wildman–Crippen MR) is 91.4 cm³/mol. The quantitative estimate of drug-likeness (QED) is 0.455. The molecular weight excluding hydrogens is 324 g/mol. The minimum Gasteiger partial charge on any atom is -0.458 e. The third-order valence-corrected chi connectivity index (χ3v) is 4.83. The summed E-state index contributed by atoms with van der Waals surface area (Å²) in [6.45, 7) is 8.78. The Balaban J connectivity index is 2.36. The van der Waals surface area contributed by atoms with E-state index in [1.807, 2.05) is 6.08 Å². The van der Waals surface area contributed by atoms with Gasteiger partial charge in [-0.05, 0) is 37.7 Å². The van der Waals surface area contributed by atoms with Crippen molar-refractivity contribution >= 4 is 11.9 Å². The predicted octanol–water partition coefficient (Wildman–Crippen LogP) is 1.67. The second-order valence-corrected chi connectivity index (χ2v) is 6.81. The lowest BCUT2D eigenvalue weighted by Crippen LogP contribution is -2.36. The molecule has 0 amide bonds. The molecule has 0 aromatic rings. The molecule has 4 atom stereocenters. The minimum absolute atomic E-state index is 0.0535. The van der Waals surface area contributed by atoms with E-state index in [9.17, 15) is 19.8 Å². The maximum Gasteiger partial charge on any atom is 0.334 e. The van der Waals surface area contributed by atoms with Gasteiger partial charge in [0, 0.05) is 24.2 Å². The van der Waals surface area contributed by atoms with Crippen LogP contribution in [0.4, 0.5) is 0 Å². The van der Waals surface area contributed by atoms with Crippen molar-refractivity contribution in [2.45, 2.75) is 44.8 Å². The van der Waals surface area contributed by atoms with Gasteiger partial charge in [0.1, 0.15) is 12.2 Å². The highest BCUT2D eigenvalue weighted by Gasteiger charge is 2.46. The number of carbonyl (C=O) groups excluding carboxylic acids is 2. The fraction of sp³-hybridized carbons (Fsp3) is 0.579. The summed E-state index contributed by atoms with van der Waals surface area (Å²) in [5.74, 6) is -1.65. The number of hydrogen-bond donors (Lipinski definition) is 2. The number of ether oxygens (including phenoxy) is 2. The van der Waals surface area contributed by atoms with E-state index >= 15 is 0 Å². The molecule has 1 saturated heterocycles. The van der Waals surface area contributed by atoms with Crippen LogP contribution in [0.5, 0.6) is 0 Å². The third-order valence-electron chi connectivity index (χ3n) is 4.83. The second kappa shape index (κ2) is 8.45. The smallest absolute Gasteiger partial charge is 0.334 e. The van der Waals surface area contributed by atoms with E-state index in [4.69, 9.17) is 9.47 Å². The Morgan fingerprint density at radius 1 is 1.44 bits per heavy atom. The first-order valence-electron chi connectivity index (χ1n) is 8.53. The van der Waals surface area contributed by atoms with Gasteiger partial charge in [0.05, 0.1) is 12.5 Å². The molecule has 2 rings (SSSR count). The molecule has 0 aromatic heterocycles. The molecule has 0 aromatic carbocycles. The van der Waals surface area contributed by atoms with E-state index in [0.717, 1.165) is 5.57 Å². The number of aliphatic hydroxyl groups is 2. The molecule has 6 heteroatoms. The van der Waals surface area contributed by atoms with E-state index in [1.54, 1.807) is 6.92 Å². The summed E-state index contributed by atoms with van der Waals surface area (Å²) < 4.78 is 11.0. The molecule has 1 aliphatic heterocycles. The number of fused-ring (bicyclic) bond motifs is 1. The van der Waals surface area contributed by atoms with Gasteiger partial charge in [-0.25, -0.2) is 9.59 Å². The standard InChI is InChI=1S/C19H26O6/c1-11(2)18(22)24-15-7-13(9-20)5-4-6-14(10-21)8-16-17(15)12(3)19(23)25-16/h6,13,15-17,20-21H,1,3-5,7-10H2,2H3/b14-6-/t13-,15?,16-,17-/m1/s1. The van der Waals surface area contributed by atoms with Gasteiger partial charge in [0.2, 0.25) is 0 Å². The van der Waals surface area contributed by atoms with Crippen molar-refractivity contribution in [3.05, 3.63) is 36.0 Å². The van der Waals surface area contributed by atoms with Gasteiger partial charge in [-0.2, -0.15) is 0 Å². The highest BCUT2D eigenvalue weighted by atomic mass is 16.6. The number of allylic oxidation sites excluding steroid dienone is 1. The fourth-order valence-electron chi connectivity index (χ4n) is 3.39. The number of carbonyl (C=O) groups is 2. The van der Waals surface area contributed by atoms with E-state index in [-0.39, 0.29) is 30.3 Å². The first kappa shape index (κ1) is 19.4. The summed E-state index contributed by atoms with van der Waals surface area (Å²) >= 11 is 0. The number of esters is 2. The van der Waals surface area contributed by atoms with Crippen LogP contribution in [0.15, 0.2) is 36.0 Å². The molecule has 2 N–H and O–H groups in total. The largest absolute Gasteiger partial charge is 0.458 e. The summed E-state index contributed by atoms with van der Waals surface area (Å²) in [5, 5.41) is 19.2. The van der Waals surface area contributed by atoms with E-state index in [1.165, 1.54) is 0 Å². The van der Waals surface area contributed by atoms with E-state index in [0.29, 0.717) is 25.7 Å². The van der Waals surface area contributed by atoms with Crippen LogP contribution in [0.1, 0.15) is 32.6 Å². The van der Waals surface area contributed by atoms with Gasteiger partial charge < -0.3 is 19.7 Å². The van der Waals surface area contributed by atoms with Crippen molar-refractivity contribution in [3.8, 4) is 0 Å². The molecule has 1 heterocycles. The van der Waals surface area contributed by atoms with Crippen molar-refractivity contribution in [2.75, 3.05) is 13.2 Å². The Kier molecular flexibility index (Phi) is 6.56.